The van der Waals surface area contributed by atoms with Crippen molar-refractivity contribution in [2.24, 2.45) is 0 Å². The van der Waals surface area contributed by atoms with Crippen molar-refractivity contribution in [3.8, 4) is 11.1 Å². The smallest absolute Gasteiger partial charge is 0.293 e. The summed E-state index contributed by atoms with van der Waals surface area (Å²) in [6.45, 7) is 0.777. The maximum atomic E-state index is 12.7. The Hall–Kier alpha value is -3.23. The van der Waals surface area contributed by atoms with Gasteiger partial charge in [-0.1, -0.05) is 30.3 Å². The summed E-state index contributed by atoms with van der Waals surface area (Å²) in [4.78, 5) is 35.3. The molecular weight excluding hydrogens is 412 g/mol. The maximum absolute atomic E-state index is 12.7. The number of aliphatic hydroxyl groups excluding tert-OH is 2. The molecule has 0 saturated carbocycles. The van der Waals surface area contributed by atoms with E-state index in [-0.39, 0.29) is 50.6 Å². The average Bonchev–Trinajstić information content (AvgIpc) is 3.12. The number of carbonyl (C=O) groups excluding carboxylic acids is 3. The fourth-order valence-corrected chi connectivity index (χ4v) is 4.12. The molecule has 0 fully saturated rings. The first-order valence-corrected chi connectivity index (χ1v) is 10.7. The molecular formula is C24H28N2O6. The Balaban J connectivity index is 1.86. The van der Waals surface area contributed by atoms with Gasteiger partial charge in [0.2, 0.25) is 5.91 Å². The lowest BCUT2D eigenvalue weighted by Gasteiger charge is -2.13. The molecule has 2 aromatic carbocycles. The summed E-state index contributed by atoms with van der Waals surface area (Å²) >= 11 is 0. The highest BCUT2D eigenvalue weighted by molar-refractivity contribution is 6.03. The third kappa shape index (κ3) is 5.33. The first kappa shape index (κ1) is 23.4. The second-order valence-electron chi connectivity index (χ2n) is 7.58. The SMILES string of the molecule is O=COCC1c2cc(CCCC(=O)NCCO)ccc2-c2c(C(=O)NCCO)cccc21. The van der Waals surface area contributed by atoms with Gasteiger partial charge in [-0.2, -0.15) is 0 Å². The largest absolute Gasteiger partial charge is 0.467 e. The van der Waals surface area contributed by atoms with E-state index in [9.17, 15) is 14.4 Å². The zero-order valence-corrected chi connectivity index (χ0v) is 17.8. The standard InChI is InChI=1S/C24H28N2O6/c27-11-9-25-22(30)6-1-3-16-7-8-18-20(13-16)21(14-32-15-29)17-4-2-5-19(23(17)18)24(31)26-10-12-28/h2,4-5,7-8,13,15,21,27-28H,1,3,6,9-12,14H2,(H,25,30)(H,26,31). The van der Waals surface area contributed by atoms with E-state index in [1.165, 1.54) is 0 Å². The number of amides is 2. The van der Waals surface area contributed by atoms with Crippen LogP contribution in [0.3, 0.4) is 0 Å². The van der Waals surface area contributed by atoms with Gasteiger partial charge < -0.3 is 25.6 Å². The van der Waals surface area contributed by atoms with Crippen molar-refractivity contribution in [3.05, 3.63) is 58.7 Å². The number of fused-ring (bicyclic) bond motifs is 3. The predicted octanol–water partition coefficient (Wildman–Crippen LogP) is 1.13. The second kappa shape index (κ2) is 11.4. The third-order valence-electron chi connectivity index (χ3n) is 5.51. The van der Waals surface area contributed by atoms with Gasteiger partial charge in [-0.3, -0.25) is 14.4 Å². The Morgan fingerprint density at radius 2 is 1.81 bits per heavy atom. The fourth-order valence-electron chi connectivity index (χ4n) is 4.12. The Morgan fingerprint density at radius 1 is 1.03 bits per heavy atom. The molecule has 0 radical (unpaired) electrons. The average molecular weight is 440 g/mol. The molecule has 1 aliphatic rings. The van der Waals surface area contributed by atoms with E-state index >= 15 is 0 Å². The van der Waals surface area contributed by atoms with Crippen molar-refractivity contribution in [2.75, 3.05) is 32.9 Å². The number of aliphatic hydroxyl groups is 2. The van der Waals surface area contributed by atoms with Crippen molar-refractivity contribution in [1.82, 2.24) is 10.6 Å². The van der Waals surface area contributed by atoms with Crippen molar-refractivity contribution in [2.45, 2.75) is 25.2 Å². The van der Waals surface area contributed by atoms with Crippen LogP contribution in [0.2, 0.25) is 0 Å². The number of hydrogen-bond acceptors (Lipinski definition) is 6. The highest BCUT2D eigenvalue weighted by Gasteiger charge is 2.32. The summed E-state index contributed by atoms with van der Waals surface area (Å²) in [6.07, 6.45) is 1.72. The van der Waals surface area contributed by atoms with Crippen LogP contribution in [0.15, 0.2) is 36.4 Å². The van der Waals surface area contributed by atoms with Gasteiger partial charge in [0.05, 0.1) is 13.2 Å². The quantitative estimate of drug-likeness (QED) is 0.367. The van der Waals surface area contributed by atoms with Gasteiger partial charge in [0, 0.05) is 31.0 Å². The topological polar surface area (TPSA) is 125 Å². The molecule has 1 atom stereocenters. The molecule has 0 aliphatic heterocycles. The summed E-state index contributed by atoms with van der Waals surface area (Å²) in [5.41, 5.74) is 5.18. The molecule has 0 aromatic heterocycles. The van der Waals surface area contributed by atoms with Crippen LogP contribution in [0.5, 0.6) is 0 Å². The van der Waals surface area contributed by atoms with Gasteiger partial charge in [-0.15, -0.1) is 0 Å². The lowest BCUT2D eigenvalue weighted by atomic mass is 9.95. The molecule has 0 bridgehead atoms. The number of ether oxygens (including phenoxy) is 1. The van der Waals surface area contributed by atoms with Crippen LogP contribution in [-0.4, -0.2) is 61.4 Å². The van der Waals surface area contributed by atoms with Crippen LogP contribution in [0, 0.1) is 0 Å². The molecule has 8 heteroatoms. The van der Waals surface area contributed by atoms with Crippen molar-refractivity contribution < 1.29 is 29.3 Å². The van der Waals surface area contributed by atoms with Crippen molar-refractivity contribution >= 4 is 18.3 Å². The van der Waals surface area contributed by atoms with E-state index in [4.69, 9.17) is 14.9 Å². The minimum absolute atomic E-state index is 0.0820. The van der Waals surface area contributed by atoms with Crippen molar-refractivity contribution in [3.63, 3.8) is 0 Å². The minimum atomic E-state index is -0.267. The number of aryl methyl sites for hydroxylation is 1. The van der Waals surface area contributed by atoms with Crippen LogP contribution in [0.1, 0.15) is 45.8 Å². The summed E-state index contributed by atoms with van der Waals surface area (Å²) in [5, 5.41) is 23.2. The van der Waals surface area contributed by atoms with Gasteiger partial charge in [0.1, 0.15) is 6.61 Å². The van der Waals surface area contributed by atoms with Crippen LogP contribution in [-0.2, 0) is 20.7 Å². The normalized spacial score (nSPS) is 13.8. The number of carbonyl (C=O) groups is 3. The molecule has 8 nitrogen and oxygen atoms in total. The van der Waals surface area contributed by atoms with Crippen LogP contribution >= 0.6 is 0 Å². The monoisotopic (exact) mass is 440 g/mol. The molecule has 0 heterocycles. The van der Waals surface area contributed by atoms with E-state index in [0.29, 0.717) is 31.3 Å². The highest BCUT2D eigenvalue weighted by Crippen LogP contribution is 2.47. The maximum Gasteiger partial charge on any atom is 0.293 e. The lowest BCUT2D eigenvalue weighted by Crippen LogP contribution is -2.26. The molecule has 0 saturated heterocycles. The Morgan fingerprint density at radius 3 is 2.56 bits per heavy atom. The minimum Gasteiger partial charge on any atom is -0.467 e. The highest BCUT2D eigenvalue weighted by atomic mass is 16.5. The third-order valence-corrected chi connectivity index (χ3v) is 5.51. The summed E-state index contributed by atoms with van der Waals surface area (Å²) in [6, 6.07) is 11.5. The van der Waals surface area contributed by atoms with E-state index in [0.717, 1.165) is 27.8 Å². The predicted molar refractivity (Wildman–Crippen MR) is 118 cm³/mol. The molecule has 170 valence electrons. The van der Waals surface area contributed by atoms with E-state index in [1.54, 1.807) is 12.1 Å². The molecule has 2 amide bonds. The summed E-state index contributed by atoms with van der Waals surface area (Å²) in [5.74, 6) is -0.552. The number of hydrogen-bond donors (Lipinski definition) is 4. The zero-order valence-electron chi connectivity index (χ0n) is 17.8. The zero-order chi connectivity index (χ0) is 22.9. The molecule has 0 spiro atoms. The molecule has 3 rings (SSSR count). The van der Waals surface area contributed by atoms with Gasteiger partial charge in [-0.25, -0.2) is 0 Å². The molecule has 4 N–H and O–H groups in total. The first-order valence-electron chi connectivity index (χ1n) is 10.7. The Bertz CT molecular complexity index is 975. The number of rotatable bonds is 12. The molecule has 1 unspecified atom stereocenters. The van der Waals surface area contributed by atoms with Gasteiger partial charge in [0.25, 0.3) is 12.4 Å². The van der Waals surface area contributed by atoms with E-state index < -0.39 is 0 Å². The van der Waals surface area contributed by atoms with Crippen LogP contribution in [0.4, 0.5) is 0 Å². The summed E-state index contributed by atoms with van der Waals surface area (Å²) in [7, 11) is 0. The number of benzene rings is 2. The van der Waals surface area contributed by atoms with E-state index in [1.807, 2.05) is 18.2 Å². The number of nitrogens with one attached hydrogen (secondary N) is 2. The van der Waals surface area contributed by atoms with Gasteiger partial charge in [0.15, 0.2) is 0 Å². The van der Waals surface area contributed by atoms with Gasteiger partial charge in [-0.05, 0) is 46.7 Å². The second-order valence-corrected chi connectivity index (χ2v) is 7.58. The van der Waals surface area contributed by atoms with E-state index in [2.05, 4.69) is 16.7 Å². The van der Waals surface area contributed by atoms with Gasteiger partial charge >= 0.3 is 0 Å². The van der Waals surface area contributed by atoms with Crippen LogP contribution in [0.25, 0.3) is 11.1 Å². The van der Waals surface area contributed by atoms with Crippen molar-refractivity contribution in [1.29, 1.82) is 0 Å². The fraction of sp³-hybridized carbons (Fsp3) is 0.375. The Kier molecular flexibility index (Phi) is 8.35. The molecule has 1 aliphatic carbocycles. The summed E-state index contributed by atoms with van der Waals surface area (Å²) < 4.78 is 5.10. The molecule has 32 heavy (non-hydrogen) atoms. The lowest BCUT2D eigenvalue weighted by molar-refractivity contribution is -0.129. The Labute approximate surface area is 186 Å². The molecule has 2 aromatic rings. The first-order chi connectivity index (χ1) is 15.6. The van der Waals surface area contributed by atoms with Crippen LogP contribution < -0.4 is 10.6 Å².